The smallest absolute Gasteiger partial charge is 0.312 e. The van der Waals surface area contributed by atoms with Crippen LogP contribution in [0.1, 0.15) is 30.1 Å². The Bertz CT molecular complexity index is 852. The summed E-state index contributed by atoms with van der Waals surface area (Å²) in [6, 6.07) is 15.7. The number of anilines is 1. The fourth-order valence-electron chi connectivity index (χ4n) is 3.12. The van der Waals surface area contributed by atoms with Crippen LogP contribution in [0.15, 0.2) is 54.6 Å². The van der Waals surface area contributed by atoms with Gasteiger partial charge in [0.05, 0.1) is 16.6 Å². The minimum absolute atomic E-state index is 0.0417. The van der Waals surface area contributed by atoms with Crippen LogP contribution < -0.4 is 4.90 Å². The number of nitrogens with zero attached hydrogens (tertiary/aromatic N) is 1. The molecule has 0 bridgehead atoms. The molecule has 3 rings (SSSR count). The Morgan fingerprint density at radius 3 is 2.48 bits per heavy atom. The molecule has 2 atom stereocenters. The summed E-state index contributed by atoms with van der Waals surface area (Å²) in [5.74, 6) is -1.58. The lowest BCUT2D eigenvalue weighted by molar-refractivity contribution is -0.151. The quantitative estimate of drug-likeness (QED) is 0.559. The van der Waals surface area contributed by atoms with Gasteiger partial charge in [0.1, 0.15) is 0 Å². The molecule has 0 radical (unpaired) electrons. The highest BCUT2D eigenvalue weighted by Crippen LogP contribution is 2.31. The number of ether oxygens (including phenoxy) is 1. The second-order valence-electron chi connectivity index (χ2n) is 6.42. The van der Waals surface area contributed by atoms with Crippen molar-refractivity contribution in [2.75, 3.05) is 11.4 Å². The molecule has 140 valence electrons. The summed E-state index contributed by atoms with van der Waals surface area (Å²) in [5.41, 5.74) is 1.07. The van der Waals surface area contributed by atoms with Gasteiger partial charge in [-0.2, -0.15) is 0 Å². The maximum atomic E-state index is 12.6. The number of Topliss-reactive ketones (excluding diaryl/α,β-unsaturated/α-hetero) is 1. The SMILES string of the molecule is CC[C@@H](OC(=O)[C@H]1CC(=O)N(c2ccccc2Cl)C1)C(=O)c1ccccc1. The number of hydrogen-bond donors (Lipinski definition) is 0. The number of ketones is 1. The van der Waals surface area contributed by atoms with Crippen molar-refractivity contribution in [3.63, 3.8) is 0 Å². The number of benzene rings is 2. The van der Waals surface area contributed by atoms with Gasteiger partial charge >= 0.3 is 5.97 Å². The fourth-order valence-corrected chi connectivity index (χ4v) is 3.35. The molecule has 2 aromatic carbocycles. The van der Waals surface area contributed by atoms with E-state index in [0.29, 0.717) is 22.7 Å². The largest absolute Gasteiger partial charge is 0.454 e. The molecule has 0 aromatic heterocycles. The maximum Gasteiger partial charge on any atom is 0.312 e. The van der Waals surface area contributed by atoms with Crippen LogP contribution in [0, 0.1) is 5.92 Å². The van der Waals surface area contributed by atoms with Crippen molar-refractivity contribution in [1.82, 2.24) is 0 Å². The van der Waals surface area contributed by atoms with Crippen LogP contribution in [-0.4, -0.2) is 30.3 Å². The Kier molecular flexibility index (Phi) is 5.91. The highest BCUT2D eigenvalue weighted by atomic mass is 35.5. The van der Waals surface area contributed by atoms with Crippen molar-refractivity contribution in [1.29, 1.82) is 0 Å². The topological polar surface area (TPSA) is 63.7 Å². The van der Waals surface area contributed by atoms with E-state index < -0.39 is 18.0 Å². The van der Waals surface area contributed by atoms with Gasteiger partial charge in [-0.05, 0) is 18.6 Å². The molecule has 1 aliphatic heterocycles. The van der Waals surface area contributed by atoms with Crippen molar-refractivity contribution in [2.24, 2.45) is 5.92 Å². The Morgan fingerprint density at radius 2 is 1.81 bits per heavy atom. The summed E-state index contributed by atoms with van der Waals surface area (Å²) in [4.78, 5) is 39.0. The Morgan fingerprint density at radius 1 is 1.15 bits per heavy atom. The van der Waals surface area contributed by atoms with Gasteiger partial charge in [-0.3, -0.25) is 14.4 Å². The molecule has 6 heteroatoms. The van der Waals surface area contributed by atoms with Crippen LogP contribution in [0.4, 0.5) is 5.69 Å². The molecule has 1 heterocycles. The Balaban J connectivity index is 1.68. The molecule has 1 fully saturated rings. The summed E-state index contributed by atoms with van der Waals surface area (Å²) in [6.07, 6.45) is -0.446. The van der Waals surface area contributed by atoms with Gasteiger partial charge in [-0.1, -0.05) is 61.0 Å². The van der Waals surface area contributed by atoms with Crippen LogP contribution in [0.5, 0.6) is 0 Å². The molecule has 0 spiro atoms. The Labute approximate surface area is 162 Å². The van der Waals surface area contributed by atoms with E-state index in [-0.39, 0.29) is 24.7 Å². The van der Waals surface area contributed by atoms with Crippen LogP contribution in [0.25, 0.3) is 0 Å². The number of hydrogen-bond acceptors (Lipinski definition) is 4. The van der Waals surface area contributed by atoms with E-state index in [1.54, 1.807) is 55.5 Å². The second kappa shape index (κ2) is 8.35. The van der Waals surface area contributed by atoms with E-state index >= 15 is 0 Å². The number of rotatable bonds is 6. The third kappa shape index (κ3) is 4.19. The zero-order chi connectivity index (χ0) is 19.4. The van der Waals surface area contributed by atoms with Gasteiger partial charge in [-0.25, -0.2) is 0 Å². The standard InChI is InChI=1S/C21H20ClNO4/c1-2-18(20(25)14-8-4-3-5-9-14)27-21(26)15-12-19(24)23(13-15)17-11-7-6-10-16(17)22/h3-11,15,18H,2,12-13H2,1H3/t15-,18+/m0/s1. The lowest BCUT2D eigenvalue weighted by Gasteiger charge is -2.19. The zero-order valence-electron chi connectivity index (χ0n) is 14.9. The van der Waals surface area contributed by atoms with Crippen molar-refractivity contribution in [3.8, 4) is 0 Å². The summed E-state index contributed by atoms with van der Waals surface area (Å²) in [7, 11) is 0. The van der Waals surface area contributed by atoms with E-state index in [1.807, 2.05) is 6.07 Å². The minimum Gasteiger partial charge on any atom is -0.454 e. The molecular weight excluding hydrogens is 366 g/mol. The number of esters is 1. The van der Waals surface area contributed by atoms with Gasteiger partial charge in [0.15, 0.2) is 6.10 Å². The fraction of sp³-hybridized carbons (Fsp3) is 0.286. The van der Waals surface area contributed by atoms with Crippen molar-refractivity contribution in [2.45, 2.75) is 25.9 Å². The first-order chi connectivity index (χ1) is 13.0. The van der Waals surface area contributed by atoms with Crippen molar-refractivity contribution >= 4 is 34.9 Å². The minimum atomic E-state index is -0.857. The van der Waals surface area contributed by atoms with Gasteiger partial charge in [0.2, 0.25) is 11.7 Å². The first-order valence-electron chi connectivity index (χ1n) is 8.86. The number of carbonyl (C=O) groups excluding carboxylic acids is 3. The molecule has 1 aliphatic rings. The average Bonchev–Trinajstić information content (AvgIpc) is 3.08. The molecule has 1 saturated heterocycles. The molecule has 0 N–H and O–H groups in total. The van der Waals surface area contributed by atoms with Crippen LogP contribution >= 0.6 is 11.6 Å². The highest BCUT2D eigenvalue weighted by molar-refractivity contribution is 6.33. The lowest BCUT2D eigenvalue weighted by Crippen LogP contribution is -2.31. The van der Waals surface area contributed by atoms with Crippen LogP contribution in [0.3, 0.4) is 0 Å². The Hall–Kier alpha value is -2.66. The summed E-state index contributed by atoms with van der Waals surface area (Å²) in [5, 5.41) is 0.450. The van der Waals surface area contributed by atoms with Crippen molar-refractivity contribution in [3.05, 3.63) is 65.2 Å². The van der Waals surface area contributed by atoms with Crippen LogP contribution in [-0.2, 0) is 14.3 Å². The first-order valence-corrected chi connectivity index (χ1v) is 9.23. The van der Waals surface area contributed by atoms with E-state index in [9.17, 15) is 14.4 Å². The molecule has 2 aromatic rings. The number of amides is 1. The summed E-state index contributed by atoms with van der Waals surface area (Å²) in [6.45, 7) is 1.98. The molecule has 0 unspecified atom stereocenters. The number of halogens is 1. The summed E-state index contributed by atoms with van der Waals surface area (Å²) >= 11 is 6.16. The summed E-state index contributed by atoms with van der Waals surface area (Å²) < 4.78 is 5.46. The molecule has 1 amide bonds. The third-order valence-corrected chi connectivity index (χ3v) is 4.90. The predicted octanol–water partition coefficient (Wildman–Crippen LogP) is 3.90. The van der Waals surface area contributed by atoms with Gasteiger partial charge in [-0.15, -0.1) is 0 Å². The van der Waals surface area contributed by atoms with E-state index in [4.69, 9.17) is 16.3 Å². The van der Waals surface area contributed by atoms with Gasteiger partial charge in [0.25, 0.3) is 0 Å². The first kappa shape index (κ1) is 19.1. The third-order valence-electron chi connectivity index (χ3n) is 4.58. The molecular formula is C21H20ClNO4. The van der Waals surface area contributed by atoms with Gasteiger partial charge < -0.3 is 9.64 Å². The average molecular weight is 386 g/mol. The molecule has 0 aliphatic carbocycles. The van der Waals surface area contributed by atoms with E-state index in [0.717, 1.165) is 0 Å². The van der Waals surface area contributed by atoms with Crippen LogP contribution in [0.2, 0.25) is 5.02 Å². The van der Waals surface area contributed by atoms with Gasteiger partial charge in [0, 0.05) is 18.5 Å². The normalized spacial score (nSPS) is 17.6. The monoisotopic (exact) mass is 385 g/mol. The maximum absolute atomic E-state index is 12.6. The second-order valence-corrected chi connectivity index (χ2v) is 6.83. The number of carbonyl (C=O) groups is 3. The van der Waals surface area contributed by atoms with E-state index in [2.05, 4.69) is 0 Å². The van der Waals surface area contributed by atoms with E-state index in [1.165, 1.54) is 4.90 Å². The predicted molar refractivity (Wildman–Crippen MR) is 103 cm³/mol. The lowest BCUT2D eigenvalue weighted by atomic mass is 10.0. The highest BCUT2D eigenvalue weighted by Gasteiger charge is 2.38. The molecule has 0 saturated carbocycles. The zero-order valence-corrected chi connectivity index (χ0v) is 15.7. The number of para-hydroxylation sites is 1. The molecule has 5 nitrogen and oxygen atoms in total. The molecule has 27 heavy (non-hydrogen) atoms. The van der Waals surface area contributed by atoms with Crippen molar-refractivity contribution < 1.29 is 19.1 Å².